The highest BCUT2D eigenvalue weighted by molar-refractivity contribution is 6.30. The lowest BCUT2D eigenvalue weighted by Gasteiger charge is -2.25. The highest BCUT2D eigenvalue weighted by Gasteiger charge is 2.29. The van der Waals surface area contributed by atoms with Crippen molar-refractivity contribution < 1.29 is 19.0 Å². The van der Waals surface area contributed by atoms with Gasteiger partial charge in [-0.1, -0.05) is 23.7 Å². The van der Waals surface area contributed by atoms with E-state index in [4.69, 9.17) is 25.8 Å². The zero-order valence-corrected chi connectivity index (χ0v) is 19.7. The Labute approximate surface area is 201 Å². The van der Waals surface area contributed by atoms with Gasteiger partial charge in [0, 0.05) is 16.7 Å². The fourth-order valence-corrected chi connectivity index (χ4v) is 3.29. The maximum Gasteiger partial charge on any atom is 0.263 e. The minimum atomic E-state index is -1.07. The molecule has 4 rings (SSSR count). The highest BCUT2D eigenvalue weighted by atomic mass is 35.5. The minimum absolute atomic E-state index is 0.220. The number of hydrogen-bond donors (Lipinski definition) is 1. The average molecular weight is 482 g/mol. The molecule has 1 amide bonds. The molecule has 176 valence electrons. The molecule has 0 fully saturated rings. The van der Waals surface area contributed by atoms with Crippen molar-refractivity contribution in [2.24, 2.45) is 0 Å². The first kappa shape index (κ1) is 23.3. The fourth-order valence-electron chi connectivity index (χ4n) is 3.17. The molecule has 4 aromatic rings. The van der Waals surface area contributed by atoms with E-state index in [-0.39, 0.29) is 19.1 Å². The number of amides is 1. The molecular weight excluding hydrogens is 458 g/mol. The van der Waals surface area contributed by atoms with E-state index in [2.05, 4.69) is 20.6 Å². The number of carbonyl (C=O) groups excluding carboxylic acids is 1. The van der Waals surface area contributed by atoms with Crippen molar-refractivity contribution in [3.8, 4) is 28.8 Å². The number of rotatable bonds is 9. The standard InChI is InChI=1S/C24H24ClN5O4/c1-24(2,34-18-9-7-17(25)8-10-18)23(31)26-13-14-33-21-12-11-20-27-28-22(30(20)29-21)16-5-4-6-19(15-16)32-3/h4-12,15H,13-14H2,1-3H3,(H,26,31). The van der Waals surface area contributed by atoms with Gasteiger partial charge >= 0.3 is 0 Å². The van der Waals surface area contributed by atoms with E-state index in [9.17, 15) is 4.79 Å². The summed E-state index contributed by atoms with van der Waals surface area (Å²) in [5.41, 5.74) is 0.324. The van der Waals surface area contributed by atoms with Crippen molar-refractivity contribution in [3.63, 3.8) is 0 Å². The van der Waals surface area contributed by atoms with Crippen LogP contribution in [0.1, 0.15) is 13.8 Å². The third kappa shape index (κ3) is 5.37. The van der Waals surface area contributed by atoms with Crippen molar-refractivity contribution in [1.29, 1.82) is 0 Å². The van der Waals surface area contributed by atoms with Gasteiger partial charge in [-0.2, -0.15) is 4.52 Å². The number of nitrogens with zero attached hydrogens (tertiary/aromatic N) is 4. The quantitative estimate of drug-likeness (QED) is 0.363. The Morgan fingerprint density at radius 2 is 1.85 bits per heavy atom. The largest absolute Gasteiger partial charge is 0.497 e. The van der Waals surface area contributed by atoms with E-state index in [0.29, 0.717) is 33.9 Å². The molecule has 34 heavy (non-hydrogen) atoms. The van der Waals surface area contributed by atoms with E-state index in [1.165, 1.54) is 0 Å². The molecular formula is C24H24ClN5O4. The van der Waals surface area contributed by atoms with Crippen molar-refractivity contribution in [2.75, 3.05) is 20.3 Å². The maximum absolute atomic E-state index is 12.6. The number of fused-ring (bicyclic) bond motifs is 1. The second kappa shape index (κ2) is 9.96. The van der Waals surface area contributed by atoms with Crippen LogP contribution in [0.5, 0.6) is 17.4 Å². The lowest BCUT2D eigenvalue weighted by Crippen LogP contribution is -2.47. The van der Waals surface area contributed by atoms with Crippen molar-refractivity contribution in [3.05, 3.63) is 65.7 Å². The number of methoxy groups -OCH3 is 1. The van der Waals surface area contributed by atoms with Crippen molar-refractivity contribution in [1.82, 2.24) is 25.1 Å². The number of benzene rings is 2. The molecule has 0 radical (unpaired) electrons. The molecule has 0 spiro atoms. The lowest BCUT2D eigenvalue weighted by molar-refractivity contribution is -0.134. The fraction of sp³-hybridized carbons (Fsp3) is 0.250. The molecule has 0 bridgehead atoms. The first-order valence-electron chi connectivity index (χ1n) is 10.6. The van der Waals surface area contributed by atoms with Crippen LogP contribution in [0, 0.1) is 0 Å². The molecule has 0 aliphatic heterocycles. The van der Waals surface area contributed by atoms with Gasteiger partial charge < -0.3 is 19.5 Å². The third-order valence-corrected chi connectivity index (χ3v) is 5.19. The Bertz CT molecular complexity index is 1290. The van der Waals surface area contributed by atoms with Gasteiger partial charge in [-0.25, -0.2) is 0 Å². The van der Waals surface area contributed by atoms with E-state index in [1.54, 1.807) is 61.9 Å². The van der Waals surface area contributed by atoms with Crippen LogP contribution in [0.25, 0.3) is 17.0 Å². The highest BCUT2D eigenvalue weighted by Crippen LogP contribution is 2.23. The zero-order valence-electron chi connectivity index (χ0n) is 19.0. The Hall–Kier alpha value is -3.85. The number of halogens is 1. The van der Waals surface area contributed by atoms with Gasteiger partial charge in [0.1, 0.15) is 18.1 Å². The monoisotopic (exact) mass is 481 g/mol. The Balaban J connectivity index is 1.35. The molecule has 0 aliphatic rings. The molecule has 0 atom stereocenters. The van der Waals surface area contributed by atoms with E-state index >= 15 is 0 Å². The second-order valence-corrected chi connectivity index (χ2v) is 8.30. The van der Waals surface area contributed by atoms with Gasteiger partial charge in [-0.05, 0) is 56.3 Å². The summed E-state index contributed by atoms with van der Waals surface area (Å²) in [5, 5.41) is 16.3. The van der Waals surface area contributed by atoms with Crippen LogP contribution < -0.4 is 19.5 Å². The van der Waals surface area contributed by atoms with Crippen molar-refractivity contribution >= 4 is 23.2 Å². The third-order valence-electron chi connectivity index (χ3n) is 4.94. The molecule has 1 N–H and O–H groups in total. The number of nitrogens with one attached hydrogen (secondary N) is 1. The van der Waals surface area contributed by atoms with Gasteiger partial charge in [0.15, 0.2) is 17.1 Å². The smallest absolute Gasteiger partial charge is 0.263 e. The molecule has 10 heteroatoms. The summed E-state index contributed by atoms with van der Waals surface area (Å²) in [6.07, 6.45) is 0. The molecule has 2 aromatic carbocycles. The van der Waals surface area contributed by atoms with Gasteiger partial charge in [0.25, 0.3) is 5.91 Å². The summed E-state index contributed by atoms with van der Waals surface area (Å²) >= 11 is 5.89. The van der Waals surface area contributed by atoms with E-state index in [1.807, 2.05) is 24.3 Å². The Kier molecular flexibility index (Phi) is 6.83. The Morgan fingerprint density at radius 1 is 1.06 bits per heavy atom. The summed E-state index contributed by atoms with van der Waals surface area (Å²) in [7, 11) is 1.61. The van der Waals surface area contributed by atoms with E-state index in [0.717, 1.165) is 5.56 Å². The van der Waals surface area contributed by atoms with Crippen LogP contribution in [0.4, 0.5) is 0 Å². The van der Waals surface area contributed by atoms with Gasteiger partial charge in [0.2, 0.25) is 5.88 Å². The topological polar surface area (TPSA) is 99.9 Å². The van der Waals surface area contributed by atoms with E-state index < -0.39 is 5.60 Å². The first-order chi connectivity index (χ1) is 16.4. The summed E-state index contributed by atoms with van der Waals surface area (Å²) in [5.74, 6) is 1.93. The summed E-state index contributed by atoms with van der Waals surface area (Å²) < 4.78 is 18.4. The zero-order chi connectivity index (χ0) is 24.1. The lowest BCUT2D eigenvalue weighted by atomic mass is 10.1. The summed E-state index contributed by atoms with van der Waals surface area (Å²) in [4.78, 5) is 12.6. The van der Waals surface area contributed by atoms with Crippen molar-refractivity contribution in [2.45, 2.75) is 19.4 Å². The van der Waals surface area contributed by atoms with Gasteiger partial charge in [-0.3, -0.25) is 4.79 Å². The minimum Gasteiger partial charge on any atom is -0.497 e. The molecule has 2 aromatic heterocycles. The number of hydrogen-bond acceptors (Lipinski definition) is 7. The second-order valence-electron chi connectivity index (χ2n) is 7.87. The predicted octanol–water partition coefficient (Wildman–Crippen LogP) is 3.81. The van der Waals surface area contributed by atoms with Crippen LogP contribution >= 0.6 is 11.6 Å². The molecule has 9 nitrogen and oxygen atoms in total. The molecule has 0 aliphatic carbocycles. The van der Waals surface area contributed by atoms with Crippen LogP contribution in [-0.4, -0.2) is 51.6 Å². The first-order valence-corrected chi connectivity index (χ1v) is 11.0. The van der Waals surface area contributed by atoms with Crippen LogP contribution in [-0.2, 0) is 4.79 Å². The van der Waals surface area contributed by atoms with Crippen LogP contribution in [0.3, 0.4) is 0 Å². The average Bonchev–Trinajstić information content (AvgIpc) is 3.26. The van der Waals surface area contributed by atoms with Gasteiger partial charge in [0.05, 0.1) is 13.7 Å². The Morgan fingerprint density at radius 3 is 2.62 bits per heavy atom. The molecule has 0 unspecified atom stereocenters. The summed E-state index contributed by atoms with van der Waals surface area (Å²) in [6, 6.07) is 17.8. The normalized spacial score (nSPS) is 11.3. The maximum atomic E-state index is 12.6. The van der Waals surface area contributed by atoms with Crippen LogP contribution in [0.2, 0.25) is 5.02 Å². The molecule has 0 saturated heterocycles. The number of ether oxygens (including phenoxy) is 3. The van der Waals surface area contributed by atoms with Gasteiger partial charge in [-0.15, -0.1) is 15.3 Å². The summed E-state index contributed by atoms with van der Waals surface area (Å²) in [6.45, 7) is 3.88. The molecule has 2 heterocycles. The SMILES string of the molecule is COc1cccc(-c2nnc3ccc(OCCNC(=O)C(C)(C)Oc4ccc(Cl)cc4)nn23)c1. The number of aromatic nitrogens is 4. The van der Waals surface area contributed by atoms with Crippen LogP contribution in [0.15, 0.2) is 60.7 Å². The molecule has 0 saturated carbocycles. The predicted molar refractivity (Wildman–Crippen MR) is 127 cm³/mol. The number of carbonyl (C=O) groups is 1.